The van der Waals surface area contributed by atoms with E-state index < -0.39 is 0 Å². The summed E-state index contributed by atoms with van der Waals surface area (Å²) in [7, 11) is 0. The molecule has 0 atom stereocenters. The molecule has 18 heavy (non-hydrogen) atoms. The Morgan fingerprint density at radius 3 is 2.67 bits per heavy atom. The van der Waals surface area contributed by atoms with Crippen LogP contribution in [0.15, 0.2) is 12.1 Å². The van der Waals surface area contributed by atoms with Crippen molar-refractivity contribution in [2.45, 2.75) is 25.4 Å². The van der Waals surface area contributed by atoms with E-state index >= 15 is 0 Å². The van der Waals surface area contributed by atoms with Gasteiger partial charge in [0.25, 0.3) is 5.91 Å². The Kier molecular flexibility index (Phi) is 4.22. The van der Waals surface area contributed by atoms with E-state index in [2.05, 4.69) is 5.32 Å². The second-order valence-corrected chi connectivity index (χ2v) is 5.51. The summed E-state index contributed by atoms with van der Waals surface area (Å²) in [6.45, 7) is 0.135. The first-order valence-corrected chi connectivity index (χ1v) is 6.44. The van der Waals surface area contributed by atoms with Gasteiger partial charge in [0.1, 0.15) is 5.75 Å². The number of carbonyl (C=O) groups excluding carboxylic acids is 1. The molecule has 7 heteroatoms. The first-order chi connectivity index (χ1) is 8.49. The maximum Gasteiger partial charge on any atom is 0.253 e. The predicted molar refractivity (Wildman–Crippen MR) is 70.9 cm³/mol. The molecule has 1 aliphatic carbocycles. The Balaban J connectivity index is 2.33. The van der Waals surface area contributed by atoms with Crippen LogP contribution in [0.1, 0.15) is 28.8 Å². The first kappa shape index (κ1) is 13.7. The maximum absolute atomic E-state index is 12.1. The summed E-state index contributed by atoms with van der Waals surface area (Å²) in [6.07, 6.45) is 1.93. The van der Waals surface area contributed by atoms with Crippen LogP contribution in [0.25, 0.3) is 0 Å². The number of aromatic hydroxyl groups is 1. The van der Waals surface area contributed by atoms with E-state index in [1.54, 1.807) is 6.07 Å². The number of phenolic OH excluding ortho intramolecular Hbond substituents is 1. The van der Waals surface area contributed by atoms with Gasteiger partial charge >= 0.3 is 0 Å². The minimum absolute atomic E-state index is 0.0147. The molecular formula is C11H11Cl3N2O2. The summed E-state index contributed by atoms with van der Waals surface area (Å²) in [6, 6.07) is 3.18. The van der Waals surface area contributed by atoms with Gasteiger partial charge in [-0.2, -0.15) is 0 Å². The first-order valence-electron chi connectivity index (χ1n) is 5.39. The van der Waals surface area contributed by atoms with Gasteiger partial charge in [0.15, 0.2) is 0 Å². The number of phenols is 1. The van der Waals surface area contributed by atoms with Crippen molar-refractivity contribution in [2.75, 3.05) is 0 Å². The van der Waals surface area contributed by atoms with E-state index in [4.69, 9.17) is 35.2 Å². The Morgan fingerprint density at radius 2 is 2.11 bits per heavy atom. The van der Waals surface area contributed by atoms with Crippen LogP contribution in [-0.4, -0.2) is 21.0 Å². The van der Waals surface area contributed by atoms with Gasteiger partial charge < -0.3 is 10.4 Å². The summed E-state index contributed by atoms with van der Waals surface area (Å²) < 4.78 is 0.899. The van der Waals surface area contributed by atoms with Crippen molar-refractivity contribution in [3.05, 3.63) is 28.3 Å². The van der Waals surface area contributed by atoms with E-state index in [-0.39, 0.29) is 34.8 Å². The number of benzene rings is 1. The average Bonchev–Trinajstić information content (AvgIpc) is 3.06. The van der Waals surface area contributed by atoms with Crippen molar-refractivity contribution in [1.29, 1.82) is 0 Å². The van der Waals surface area contributed by atoms with Gasteiger partial charge in [-0.1, -0.05) is 17.7 Å². The third-order valence-corrected chi connectivity index (χ3v) is 3.26. The number of carbonyl (C=O) groups is 1. The minimum atomic E-state index is -0.316. The fourth-order valence-electron chi connectivity index (χ4n) is 1.60. The van der Waals surface area contributed by atoms with E-state index in [9.17, 15) is 9.90 Å². The van der Waals surface area contributed by atoms with Gasteiger partial charge in [-0.25, -0.2) is 0 Å². The number of nitrogens with one attached hydrogen (secondary N) is 1. The fourth-order valence-corrected chi connectivity index (χ4v) is 2.12. The van der Waals surface area contributed by atoms with E-state index in [1.165, 1.54) is 6.07 Å². The molecule has 2 N–H and O–H groups in total. The zero-order chi connectivity index (χ0) is 13.3. The van der Waals surface area contributed by atoms with Gasteiger partial charge in [0, 0.05) is 6.04 Å². The van der Waals surface area contributed by atoms with Crippen LogP contribution < -0.4 is 5.32 Å². The summed E-state index contributed by atoms with van der Waals surface area (Å²) in [4.78, 5) is 12.1. The second-order valence-electron chi connectivity index (χ2n) is 4.14. The topological polar surface area (TPSA) is 52.6 Å². The van der Waals surface area contributed by atoms with Crippen molar-refractivity contribution < 1.29 is 9.90 Å². The summed E-state index contributed by atoms with van der Waals surface area (Å²) in [5.41, 5.74) is 0.774. The molecule has 1 fully saturated rings. The molecule has 0 aliphatic heterocycles. The highest BCUT2D eigenvalue weighted by Crippen LogP contribution is 2.31. The smallest absolute Gasteiger partial charge is 0.253 e. The lowest BCUT2D eigenvalue weighted by Crippen LogP contribution is -2.27. The van der Waals surface area contributed by atoms with E-state index in [0.29, 0.717) is 5.56 Å². The van der Waals surface area contributed by atoms with Crippen molar-refractivity contribution in [3.8, 4) is 5.75 Å². The van der Waals surface area contributed by atoms with Crippen molar-refractivity contribution in [1.82, 2.24) is 9.25 Å². The van der Waals surface area contributed by atoms with Crippen LogP contribution in [0.2, 0.25) is 5.02 Å². The van der Waals surface area contributed by atoms with E-state index in [0.717, 1.165) is 16.8 Å². The zero-order valence-corrected chi connectivity index (χ0v) is 11.6. The second kappa shape index (κ2) is 5.53. The molecule has 1 aromatic carbocycles. The number of hydrogen-bond donors (Lipinski definition) is 2. The molecule has 1 aliphatic rings. The summed E-state index contributed by atoms with van der Waals surface area (Å²) in [5, 5.41) is 12.4. The average molecular weight is 310 g/mol. The Bertz CT molecular complexity index is 476. The maximum atomic E-state index is 12.1. The van der Waals surface area contributed by atoms with Crippen LogP contribution in [0.3, 0.4) is 0 Å². The van der Waals surface area contributed by atoms with Crippen LogP contribution >= 0.6 is 35.2 Å². The van der Waals surface area contributed by atoms with Gasteiger partial charge in [0.05, 0.1) is 17.1 Å². The van der Waals surface area contributed by atoms with E-state index in [1.807, 2.05) is 0 Å². The molecule has 0 radical (unpaired) electrons. The lowest BCUT2D eigenvalue weighted by atomic mass is 10.1. The SMILES string of the molecule is O=C(NC1CC1)c1c(CN(Cl)Cl)ccc(O)c1Cl. The molecule has 0 heterocycles. The molecule has 4 nitrogen and oxygen atoms in total. The molecular weight excluding hydrogens is 298 g/mol. The standard InChI is InChI=1S/C11H11Cl3N2O2/c12-10-8(17)4-1-6(5-16(13)14)9(10)11(18)15-7-2-3-7/h1,4,7,17H,2-3,5H2,(H,15,18). The van der Waals surface area contributed by atoms with Crippen LogP contribution in [-0.2, 0) is 6.54 Å². The molecule has 2 rings (SSSR count). The van der Waals surface area contributed by atoms with Crippen LogP contribution in [0.4, 0.5) is 0 Å². The number of halogens is 3. The zero-order valence-electron chi connectivity index (χ0n) is 9.29. The number of hydrogen-bond acceptors (Lipinski definition) is 3. The quantitative estimate of drug-likeness (QED) is 0.841. The lowest BCUT2D eigenvalue weighted by Gasteiger charge is -2.13. The Hall–Kier alpha value is -0.680. The van der Waals surface area contributed by atoms with Crippen LogP contribution in [0.5, 0.6) is 5.75 Å². The van der Waals surface area contributed by atoms with Crippen molar-refractivity contribution >= 4 is 41.1 Å². The number of amides is 1. The van der Waals surface area contributed by atoms with Gasteiger partial charge in [-0.05, 0) is 48.0 Å². The highest BCUT2D eigenvalue weighted by molar-refractivity contribution is 6.35. The molecule has 0 unspecified atom stereocenters. The number of nitrogens with zero attached hydrogens (tertiary/aromatic N) is 1. The molecule has 0 aromatic heterocycles. The normalized spacial score (nSPS) is 14.9. The molecule has 0 spiro atoms. The lowest BCUT2D eigenvalue weighted by molar-refractivity contribution is 0.0949. The van der Waals surface area contributed by atoms with Crippen molar-refractivity contribution in [3.63, 3.8) is 0 Å². The molecule has 1 amide bonds. The third kappa shape index (κ3) is 3.20. The van der Waals surface area contributed by atoms with Crippen molar-refractivity contribution in [2.24, 2.45) is 0 Å². The highest BCUT2D eigenvalue weighted by atomic mass is 35.5. The molecule has 98 valence electrons. The van der Waals surface area contributed by atoms with Gasteiger partial charge in [-0.3, -0.25) is 4.79 Å². The Morgan fingerprint density at radius 1 is 1.44 bits per heavy atom. The third-order valence-electron chi connectivity index (χ3n) is 2.64. The van der Waals surface area contributed by atoms with Gasteiger partial charge in [0.2, 0.25) is 0 Å². The predicted octanol–water partition coefficient (Wildman–Crippen LogP) is 3.05. The summed E-state index contributed by atoms with van der Waals surface area (Å²) >= 11 is 17.1. The van der Waals surface area contributed by atoms with Crippen LogP contribution in [0, 0.1) is 0 Å². The fraction of sp³-hybridized carbons (Fsp3) is 0.364. The molecule has 1 aromatic rings. The summed E-state index contributed by atoms with van der Waals surface area (Å²) in [5.74, 6) is -0.458. The monoisotopic (exact) mass is 308 g/mol. The molecule has 0 bridgehead atoms. The largest absolute Gasteiger partial charge is 0.506 e. The van der Waals surface area contributed by atoms with Gasteiger partial charge in [-0.15, -0.1) is 3.94 Å². The molecule has 0 saturated heterocycles. The number of rotatable bonds is 4. The Labute approximate surface area is 120 Å². The minimum Gasteiger partial charge on any atom is -0.506 e. The highest BCUT2D eigenvalue weighted by Gasteiger charge is 2.27. The molecule has 1 saturated carbocycles.